The number of benzene rings is 11. The average molecular weight is 897 g/mol. The number of nitrogens with zero attached hydrogens (tertiary/aromatic N) is 2. The second kappa shape index (κ2) is 17.2. The molecule has 0 radical (unpaired) electrons. The van der Waals surface area contributed by atoms with Crippen LogP contribution in [0, 0.1) is 0 Å². The fraction of sp³-hybridized carbons (Fsp3) is 0. The molecule has 0 spiro atoms. The Morgan fingerprint density at radius 3 is 1.41 bits per heavy atom. The van der Waals surface area contributed by atoms with Crippen molar-refractivity contribution in [3.8, 4) is 61.3 Å². The number of anilines is 3. The Labute approximate surface area is 405 Å². The largest absolute Gasteiger partial charge is 0.310 e. The zero-order valence-corrected chi connectivity index (χ0v) is 38.5. The third kappa shape index (κ3) is 7.11. The highest BCUT2D eigenvalue weighted by atomic mass is 32.1. The fourth-order valence-corrected chi connectivity index (χ4v) is 11.6. The van der Waals surface area contributed by atoms with Crippen molar-refractivity contribution < 1.29 is 0 Å². The van der Waals surface area contributed by atoms with Crippen LogP contribution in [-0.4, -0.2) is 4.57 Å². The van der Waals surface area contributed by atoms with Gasteiger partial charge in [0.05, 0.1) is 22.4 Å². The summed E-state index contributed by atoms with van der Waals surface area (Å²) in [5.74, 6) is 0. The number of hydrogen-bond donors (Lipinski definition) is 0. The van der Waals surface area contributed by atoms with Gasteiger partial charge in [0.15, 0.2) is 0 Å². The SMILES string of the molecule is c1ccc(-c2ccccc2-c2ccccc2-c2ccccc2N(c2ccc(-c3ccc4c(c3)sc3ccccc34)cc2)c2ccc(-c3ccccc3-n3c4ccccc4c4ccccc43)cc2)cc1. The first-order valence-electron chi connectivity index (χ1n) is 23.6. The van der Waals surface area contributed by atoms with Crippen LogP contribution in [0.3, 0.4) is 0 Å². The van der Waals surface area contributed by atoms with E-state index in [0.29, 0.717) is 0 Å². The molecule has 0 aliphatic rings. The maximum atomic E-state index is 2.43. The van der Waals surface area contributed by atoms with Gasteiger partial charge in [-0.1, -0.05) is 206 Å². The summed E-state index contributed by atoms with van der Waals surface area (Å²) in [5, 5.41) is 5.14. The summed E-state index contributed by atoms with van der Waals surface area (Å²) in [5.41, 5.74) is 18.6. The van der Waals surface area contributed by atoms with Gasteiger partial charge in [-0.25, -0.2) is 0 Å². The van der Waals surface area contributed by atoms with E-state index in [9.17, 15) is 0 Å². The first-order valence-corrected chi connectivity index (χ1v) is 24.4. The molecule has 0 saturated carbocycles. The van der Waals surface area contributed by atoms with Crippen molar-refractivity contribution in [1.29, 1.82) is 0 Å². The normalized spacial score (nSPS) is 11.5. The molecule has 2 heterocycles. The van der Waals surface area contributed by atoms with Crippen LogP contribution in [0.5, 0.6) is 0 Å². The van der Waals surface area contributed by atoms with E-state index in [-0.39, 0.29) is 0 Å². The average Bonchev–Trinajstić information content (AvgIpc) is 3.97. The molecule has 0 amide bonds. The van der Waals surface area contributed by atoms with Gasteiger partial charge in [-0.05, 0) is 105 Å². The number of rotatable bonds is 9. The summed E-state index contributed by atoms with van der Waals surface area (Å²) < 4.78 is 5.05. The molecular weight excluding hydrogens is 853 g/mol. The zero-order chi connectivity index (χ0) is 45.7. The highest BCUT2D eigenvalue weighted by Gasteiger charge is 2.22. The van der Waals surface area contributed by atoms with Crippen molar-refractivity contribution >= 4 is 70.4 Å². The van der Waals surface area contributed by atoms with E-state index in [0.717, 1.165) is 33.9 Å². The second-order valence-corrected chi connectivity index (χ2v) is 18.7. The van der Waals surface area contributed by atoms with E-state index >= 15 is 0 Å². The van der Waals surface area contributed by atoms with Crippen LogP contribution >= 0.6 is 11.3 Å². The van der Waals surface area contributed by atoms with Crippen molar-refractivity contribution in [3.63, 3.8) is 0 Å². The van der Waals surface area contributed by atoms with Crippen LogP contribution in [0.25, 0.3) is 103 Å². The third-order valence-electron chi connectivity index (χ3n) is 13.7. The number of para-hydroxylation sites is 4. The summed E-state index contributed by atoms with van der Waals surface area (Å²) in [6, 6.07) is 97.4. The molecule has 0 aliphatic heterocycles. The molecule has 13 rings (SSSR count). The van der Waals surface area contributed by atoms with E-state index in [1.807, 2.05) is 11.3 Å². The third-order valence-corrected chi connectivity index (χ3v) is 14.8. The maximum absolute atomic E-state index is 2.43. The molecule has 13 aromatic rings. The molecular formula is C66H44N2S. The van der Waals surface area contributed by atoms with E-state index in [1.54, 1.807) is 0 Å². The van der Waals surface area contributed by atoms with Crippen LogP contribution in [0.2, 0.25) is 0 Å². The summed E-state index contributed by atoms with van der Waals surface area (Å²) in [6.07, 6.45) is 0. The lowest BCUT2D eigenvalue weighted by Crippen LogP contribution is -2.11. The monoisotopic (exact) mass is 896 g/mol. The van der Waals surface area contributed by atoms with Crippen molar-refractivity contribution in [2.24, 2.45) is 0 Å². The van der Waals surface area contributed by atoms with E-state index < -0.39 is 0 Å². The molecule has 0 saturated heterocycles. The first kappa shape index (κ1) is 40.5. The summed E-state index contributed by atoms with van der Waals surface area (Å²) in [7, 11) is 0. The van der Waals surface area contributed by atoms with Crippen molar-refractivity contribution in [3.05, 3.63) is 267 Å². The van der Waals surface area contributed by atoms with Crippen molar-refractivity contribution in [1.82, 2.24) is 4.57 Å². The molecule has 0 unspecified atom stereocenters. The van der Waals surface area contributed by atoms with Gasteiger partial charge < -0.3 is 9.47 Å². The van der Waals surface area contributed by atoms with Gasteiger partial charge in [0.1, 0.15) is 0 Å². The molecule has 3 heteroatoms. The number of fused-ring (bicyclic) bond motifs is 6. The molecule has 0 fully saturated rings. The molecule has 2 aromatic heterocycles. The van der Waals surface area contributed by atoms with Gasteiger partial charge in [-0.15, -0.1) is 11.3 Å². The van der Waals surface area contributed by atoms with E-state index in [2.05, 4.69) is 276 Å². The summed E-state index contributed by atoms with van der Waals surface area (Å²) in [6.45, 7) is 0. The van der Waals surface area contributed by atoms with Crippen LogP contribution in [0.15, 0.2) is 267 Å². The number of aromatic nitrogens is 1. The minimum atomic E-state index is 1.07. The molecule has 69 heavy (non-hydrogen) atoms. The molecule has 324 valence electrons. The van der Waals surface area contributed by atoms with Gasteiger partial charge in [-0.3, -0.25) is 0 Å². The van der Waals surface area contributed by atoms with Gasteiger partial charge in [0, 0.05) is 53.4 Å². The Morgan fingerprint density at radius 1 is 0.275 bits per heavy atom. The molecule has 2 nitrogen and oxygen atoms in total. The molecule has 0 aliphatic carbocycles. The van der Waals surface area contributed by atoms with E-state index in [1.165, 1.54) is 86.5 Å². The number of hydrogen-bond acceptors (Lipinski definition) is 2. The molecule has 0 atom stereocenters. The highest BCUT2D eigenvalue weighted by Crippen LogP contribution is 2.46. The van der Waals surface area contributed by atoms with Gasteiger partial charge >= 0.3 is 0 Å². The van der Waals surface area contributed by atoms with Crippen LogP contribution in [0.1, 0.15) is 0 Å². The van der Waals surface area contributed by atoms with Crippen molar-refractivity contribution in [2.45, 2.75) is 0 Å². The number of thiophene rings is 1. The topological polar surface area (TPSA) is 8.17 Å². The van der Waals surface area contributed by atoms with Gasteiger partial charge in [-0.2, -0.15) is 0 Å². The Morgan fingerprint density at radius 2 is 0.725 bits per heavy atom. The maximum Gasteiger partial charge on any atom is 0.0541 e. The Hall–Kier alpha value is -8.76. The predicted octanol–water partition coefficient (Wildman–Crippen LogP) is 19.0. The predicted molar refractivity (Wildman–Crippen MR) is 296 cm³/mol. The lowest BCUT2D eigenvalue weighted by Gasteiger charge is -2.29. The smallest absolute Gasteiger partial charge is 0.0541 e. The van der Waals surface area contributed by atoms with Crippen molar-refractivity contribution in [2.75, 3.05) is 4.90 Å². The molecule has 0 bridgehead atoms. The Kier molecular flexibility index (Phi) is 10.1. The highest BCUT2D eigenvalue weighted by molar-refractivity contribution is 7.25. The van der Waals surface area contributed by atoms with Gasteiger partial charge in [0.25, 0.3) is 0 Å². The minimum Gasteiger partial charge on any atom is -0.310 e. The Bertz CT molecular complexity index is 3960. The second-order valence-electron chi connectivity index (χ2n) is 17.6. The lowest BCUT2D eigenvalue weighted by molar-refractivity contribution is 1.18. The van der Waals surface area contributed by atoms with Gasteiger partial charge in [0.2, 0.25) is 0 Å². The first-order chi connectivity index (χ1) is 34.2. The van der Waals surface area contributed by atoms with Crippen LogP contribution < -0.4 is 4.90 Å². The molecule has 0 N–H and O–H groups in total. The lowest BCUT2D eigenvalue weighted by atomic mass is 9.88. The fourth-order valence-electron chi connectivity index (χ4n) is 10.5. The summed E-state index contributed by atoms with van der Waals surface area (Å²) >= 11 is 1.86. The van der Waals surface area contributed by atoms with E-state index in [4.69, 9.17) is 0 Å². The summed E-state index contributed by atoms with van der Waals surface area (Å²) in [4.78, 5) is 2.43. The molecule has 11 aromatic carbocycles. The van der Waals surface area contributed by atoms with Crippen LogP contribution in [0.4, 0.5) is 17.1 Å². The Balaban J connectivity index is 0.952. The standard InChI is InChI=1S/C66H44N2S/c1-2-18-46(19-3-1)51-20-4-5-22-53(51)54-23-6-7-24-55(54)56-25-9-14-30-62(56)67(49-39-34-45(35-40-49)48-38-43-60-59-28-12-17-33-65(59)69-66(60)44-48)50-41-36-47(37-42-50)52-21-8-13-29-61(52)68-63-31-15-10-26-57(63)58-27-11-16-32-64(58)68/h1-44H. The quantitative estimate of drug-likeness (QED) is 0.140. The zero-order valence-electron chi connectivity index (χ0n) is 37.7. The van der Waals surface area contributed by atoms with Crippen LogP contribution in [-0.2, 0) is 0 Å². The minimum absolute atomic E-state index is 1.07.